The number of benzene rings is 1. The van der Waals surface area contributed by atoms with Gasteiger partial charge in [0, 0.05) is 31.7 Å². The summed E-state index contributed by atoms with van der Waals surface area (Å²) in [6.07, 6.45) is 7.00. The smallest absolute Gasteiger partial charge is 0.271 e. The number of piperidine rings is 1. The van der Waals surface area contributed by atoms with Crippen molar-refractivity contribution in [3.05, 3.63) is 41.7 Å². The maximum Gasteiger partial charge on any atom is 0.271 e. The molecule has 1 amide bonds. The van der Waals surface area contributed by atoms with E-state index in [2.05, 4.69) is 9.88 Å². The summed E-state index contributed by atoms with van der Waals surface area (Å²) in [7, 11) is -3.13. The molecule has 3 heterocycles. The Morgan fingerprint density at radius 2 is 1.83 bits per heavy atom. The topological polar surface area (TPSA) is 84.3 Å². The van der Waals surface area contributed by atoms with E-state index in [1.165, 1.54) is 10.6 Å². The van der Waals surface area contributed by atoms with Crippen molar-refractivity contribution in [3.63, 3.8) is 0 Å². The van der Waals surface area contributed by atoms with E-state index in [1.54, 1.807) is 0 Å². The van der Waals surface area contributed by atoms with Gasteiger partial charge in [0.25, 0.3) is 5.91 Å². The normalized spacial score (nSPS) is 18.6. The molecular weight excluding hydrogens is 400 g/mol. The number of fused-ring (bicyclic) bond motifs is 1. The predicted octanol–water partition coefficient (Wildman–Crippen LogP) is 2.68. The summed E-state index contributed by atoms with van der Waals surface area (Å²) >= 11 is 0. The van der Waals surface area contributed by atoms with Crippen molar-refractivity contribution in [3.8, 4) is 11.4 Å². The average molecular weight is 431 g/mol. The average Bonchev–Trinajstić information content (AvgIpc) is 2.93. The molecule has 1 N–H and O–H groups in total. The fourth-order valence-electron chi connectivity index (χ4n) is 4.48. The second-order valence-electron chi connectivity index (χ2n) is 8.37. The summed E-state index contributed by atoms with van der Waals surface area (Å²) in [6, 6.07) is 10.1. The van der Waals surface area contributed by atoms with Crippen molar-refractivity contribution in [2.75, 3.05) is 25.9 Å². The van der Waals surface area contributed by atoms with Crippen molar-refractivity contribution in [1.82, 2.24) is 19.2 Å². The van der Waals surface area contributed by atoms with Gasteiger partial charge in [-0.3, -0.25) is 4.79 Å². The lowest BCUT2D eigenvalue weighted by Gasteiger charge is -2.30. The highest BCUT2D eigenvalue weighted by molar-refractivity contribution is 7.88. The van der Waals surface area contributed by atoms with Crippen LogP contribution in [0.25, 0.3) is 11.4 Å². The molecular formula is C22H30N4O3S. The first-order chi connectivity index (χ1) is 14.4. The van der Waals surface area contributed by atoms with E-state index >= 15 is 0 Å². The monoisotopic (exact) mass is 430 g/mol. The number of carbonyl (C=O) groups excluding carboxylic acids is 1. The van der Waals surface area contributed by atoms with Crippen LogP contribution in [0.15, 0.2) is 30.3 Å². The highest BCUT2D eigenvalue weighted by Gasteiger charge is 2.27. The number of hydrogen-bond donors (Lipinski definition) is 1. The number of sulfonamides is 1. The molecule has 8 heteroatoms. The summed E-state index contributed by atoms with van der Waals surface area (Å²) in [5, 5.41) is 3.07. The minimum atomic E-state index is -3.13. The van der Waals surface area contributed by atoms with Gasteiger partial charge in [-0.2, -0.15) is 0 Å². The van der Waals surface area contributed by atoms with Crippen molar-refractivity contribution >= 4 is 15.9 Å². The Morgan fingerprint density at radius 3 is 2.53 bits per heavy atom. The van der Waals surface area contributed by atoms with Crippen LogP contribution >= 0.6 is 0 Å². The first kappa shape index (κ1) is 21.1. The zero-order chi connectivity index (χ0) is 21.1. The number of nitrogens with zero attached hydrogens (tertiary/aromatic N) is 3. The standard InChI is InChI=1S/C22H30N4O3S/c1-30(28,29)25-14-11-17(12-15-25)16-23-22(27)20-19-10-6-3-7-13-26(19)21(24-20)18-8-4-2-5-9-18/h2,4-5,8-9,17H,3,6-7,10-16H2,1H3,(H,23,27). The van der Waals surface area contributed by atoms with Crippen LogP contribution in [0.2, 0.25) is 0 Å². The molecule has 2 aliphatic rings. The molecule has 0 bridgehead atoms. The van der Waals surface area contributed by atoms with Crippen molar-refractivity contribution in [2.24, 2.45) is 5.92 Å². The third kappa shape index (κ3) is 4.59. The zero-order valence-corrected chi connectivity index (χ0v) is 18.3. The highest BCUT2D eigenvalue weighted by atomic mass is 32.2. The molecule has 1 aromatic carbocycles. The molecule has 1 fully saturated rings. The molecule has 0 saturated carbocycles. The molecule has 4 rings (SSSR count). The van der Waals surface area contributed by atoms with Gasteiger partial charge in [0.2, 0.25) is 10.0 Å². The molecule has 0 unspecified atom stereocenters. The van der Waals surface area contributed by atoms with E-state index in [0.717, 1.165) is 62.2 Å². The number of rotatable bonds is 5. The Labute approximate surface area is 178 Å². The summed E-state index contributed by atoms with van der Waals surface area (Å²) in [4.78, 5) is 17.8. The number of carbonyl (C=O) groups is 1. The van der Waals surface area contributed by atoms with Crippen LogP contribution in [0, 0.1) is 5.92 Å². The first-order valence-corrected chi connectivity index (χ1v) is 12.7. The van der Waals surface area contributed by atoms with Gasteiger partial charge in [0.05, 0.1) is 11.9 Å². The van der Waals surface area contributed by atoms with Crippen LogP contribution in [0.4, 0.5) is 0 Å². The number of imidazole rings is 1. The number of hydrogen-bond acceptors (Lipinski definition) is 4. The van der Waals surface area contributed by atoms with Gasteiger partial charge in [-0.05, 0) is 38.0 Å². The molecule has 0 atom stereocenters. The maximum atomic E-state index is 13.0. The van der Waals surface area contributed by atoms with Crippen LogP contribution in [-0.4, -0.2) is 54.1 Å². The minimum absolute atomic E-state index is 0.117. The minimum Gasteiger partial charge on any atom is -0.350 e. The number of nitrogens with one attached hydrogen (secondary N) is 1. The van der Waals surface area contributed by atoms with Gasteiger partial charge in [-0.1, -0.05) is 36.8 Å². The van der Waals surface area contributed by atoms with E-state index in [1.807, 2.05) is 30.3 Å². The van der Waals surface area contributed by atoms with Crippen LogP contribution in [0.3, 0.4) is 0 Å². The molecule has 30 heavy (non-hydrogen) atoms. The largest absolute Gasteiger partial charge is 0.350 e. The fraction of sp³-hybridized carbons (Fsp3) is 0.545. The molecule has 0 spiro atoms. The maximum absolute atomic E-state index is 13.0. The quantitative estimate of drug-likeness (QED) is 0.790. The van der Waals surface area contributed by atoms with E-state index in [-0.39, 0.29) is 5.91 Å². The SMILES string of the molecule is CS(=O)(=O)N1CCC(CNC(=O)c2nc(-c3ccccc3)n3c2CCCCC3)CC1. The molecule has 0 aliphatic carbocycles. The van der Waals surface area contributed by atoms with Crippen molar-refractivity contribution in [1.29, 1.82) is 0 Å². The van der Waals surface area contributed by atoms with E-state index < -0.39 is 10.0 Å². The van der Waals surface area contributed by atoms with Crippen molar-refractivity contribution in [2.45, 2.75) is 45.1 Å². The summed E-state index contributed by atoms with van der Waals surface area (Å²) < 4.78 is 27.1. The fourth-order valence-corrected chi connectivity index (χ4v) is 5.35. The Hall–Kier alpha value is -2.19. The van der Waals surface area contributed by atoms with Crippen molar-refractivity contribution < 1.29 is 13.2 Å². The van der Waals surface area contributed by atoms with Gasteiger partial charge in [-0.15, -0.1) is 0 Å². The van der Waals surface area contributed by atoms with E-state index in [9.17, 15) is 13.2 Å². The molecule has 1 saturated heterocycles. The molecule has 2 aliphatic heterocycles. The summed E-state index contributed by atoms with van der Waals surface area (Å²) in [5.74, 6) is 1.05. The summed E-state index contributed by atoms with van der Waals surface area (Å²) in [5.41, 5.74) is 2.62. The first-order valence-electron chi connectivity index (χ1n) is 10.8. The second kappa shape index (κ2) is 8.89. The Balaban J connectivity index is 1.47. The van der Waals surface area contributed by atoms with Gasteiger partial charge in [0.1, 0.15) is 11.5 Å². The number of amides is 1. The van der Waals surface area contributed by atoms with Crippen LogP contribution < -0.4 is 5.32 Å². The van der Waals surface area contributed by atoms with Crippen LogP contribution in [0.1, 0.15) is 48.3 Å². The Kier molecular flexibility index (Phi) is 6.24. The van der Waals surface area contributed by atoms with E-state index in [4.69, 9.17) is 4.98 Å². The molecule has 1 aromatic heterocycles. The van der Waals surface area contributed by atoms with Gasteiger partial charge < -0.3 is 9.88 Å². The third-order valence-electron chi connectivity index (χ3n) is 6.21. The lowest BCUT2D eigenvalue weighted by atomic mass is 9.98. The van der Waals surface area contributed by atoms with Gasteiger partial charge in [-0.25, -0.2) is 17.7 Å². The zero-order valence-electron chi connectivity index (χ0n) is 17.5. The molecule has 0 radical (unpaired) electrons. The van der Waals surface area contributed by atoms with Crippen LogP contribution in [0.5, 0.6) is 0 Å². The third-order valence-corrected chi connectivity index (χ3v) is 7.51. The molecule has 7 nitrogen and oxygen atoms in total. The second-order valence-corrected chi connectivity index (χ2v) is 10.4. The van der Waals surface area contributed by atoms with Crippen LogP contribution in [-0.2, 0) is 23.0 Å². The lowest BCUT2D eigenvalue weighted by Crippen LogP contribution is -2.41. The lowest BCUT2D eigenvalue weighted by molar-refractivity contribution is 0.0936. The highest BCUT2D eigenvalue weighted by Crippen LogP contribution is 2.27. The molecule has 162 valence electrons. The molecule has 2 aromatic rings. The van der Waals surface area contributed by atoms with Gasteiger partial charge in [0.15, 0.2) is 0 Å². The van der Waals surface area contributed by atoms with Gasteiger partial charge >= 0.3 is 0 Å². The van der Waals surface area contributed by atoms with E-state index in [0.29, 0.717) is 31.2 Å². The summed E-state index contributed by atoms with van der Waals surface area (Å²) in [6.45, 7) is 2.50. The Morgan fingerprint density at radius 1 is 1.10 bits per heavy atom. The number of aromatic nitrogens is 2. The Bertz CT molecular complexity index is 993. The predicted molar refractivity (Wildman–Crippen MR) is 117 cm³/mol.